The minimum Gasteiger partial charge on any atom is -0.466 e. The third kappa shape index (κ3) is 3.24. The van der Waals surface area contributed by atoms with Crippen molar-refractivity contribution in [1.29, 1.82) is 5.26 Å². The van der Waals surface area contributed by atoms with Gasteiger partial charge in [-0.15, -0.1) is 0 Å². The minimum atomic E-state index is -0.746. The summed E-state index contributed by atoms with van der Waals surface area (Å²) in [5, 5.41) is 9.27. The molecule has 0 aromatic heterocycles. The maximum atomic E-state index is 12.2. The Balaban J connectivity index is 2.71. The van der Waals surface area contributed by atoms with Gasteiger partial charge in [-0.25, -0.2) is 9.59 Å². The molecule has 1 heterocycles. The normalized spacial score (nSPS) is 14.2. The summed E-state index contributed by atoms with van der Waals surface area (Å²) in [4.78, 5) is 25.6. The molecule has 0 saturated heterocycles. The van der Waals surface area contributed by atoms with E-state index in [2.05, 4.69) is 15.9 Å². The van der Waals surface area contributed by atoms with Gasteiger partial charge >= 0.3 is 11.9 Å². The molecule has 1 aromatic rings. The number of carbonyl (C=O) groups excluding carboxylic acids is 2. The Kier molecular flexibility index (Phi) is 5.83. The Morgan fingerprint density at radius 3 is 2.58 bits per heavy atom. The zero-order valence-corrected chi connectivity index (χ0v) is 15.1. The van der Waals surface area contributed by atoms with Crippen molar-refractivity contribution in [2.75, 3.05) is 32.5 Å². The van der Waals surface area contributed by atoms with Gasteiger partial charge in [0.05, 0.1) is 42.7 Å². The van der Waals surface area contributed by atoms with Crippen LogP contribution in [0, 0.1) is 11.3 Å². The van der Waals surface area contributed by atoms with Crippen LogP contribution in [0.15, 0.2) is 27.9 Å². The molecule has 9 heteroatoms. The molecule has 0 unspecified atom stereocenters. The van der Waals surface area contributed by atoms with Crippen molar-refractivity contribution in [2.45, 2.75) is 0 Å². The summed E-state index contributed by atoms with van der Waals surface area (Å²) in [5.41, 5.74) is 0.482. The Bertz CT molecular complexity index is 772. The summed E-state index contributed by atoms with van der Waals surface area (Å²) in [6.45, 7) is -0.168. The number of nitrogens with zero attached hydrogens (tertiary/aromatic N) is 2. The molecule has 2 rings (SSSR count). The average molecular weight is 416 g/mol. The number of hydrogen-bond acceptors (Lipinski definition) is 7. The number of carbonyl (C=O) groups is 2. The summed E-state index contributed by atoms with van der Waals surface area (Å²) in [6, 6.07) is 5.10. The Morgan fingerprint density at radius 1 is 1.33 bits per heavy atom. The van der Waals surface area contributed by atoms with E-state index in [1.807, 2.05) is 6.07 Å². The number of nitriles is 1. The zero-order valence-electron chi connectivity index (χ0n) is 12.8. The van der Waals surface area contributed by atoms with Crippen molar-refractivity contribution in [3.63, 3.8) is 0 Å². The maximum Gasteiger partial charge on any atom is 0.355 e. The molecule has 0 N–H and O–H groups in total. The third-order valence-corrected chi connectivity index (χ3v) is 4.31. The van der Waals surface area contributed by atoms with E-state index in [0.717, 1.165) is 0 Å². The van der Waals surface area contributed by atoms with Crippen LogP contribution in [0.1, 0.15) is 5.56 Å². The molecular formula is C15H12BrClN2O5. The zero-order chi connectivity index (χ0) is 17.9. The second-order valence-corrected chi connectivity index (χ2v) is 5.82. The van der Waals surface area contributed by atoms with Crippen molar-refractivity contribution < 1.29 is 23.8 Å². The largest absolute Gasteiger partial charge is 0.466 e. The predicted octanol–water partition coefficient (Wildman–Crippen LogP) is 2.37. The standard InChI is InChI=1S/C15H12BrClN2O5/c1-22-14(20)9-6-24-7-19(12(9)15(21)23-2)13-10(16)4-3-8(5-18)11(13)17/h3-4H,6-7H2,1-2H3. The number of hydrogen-bond donors (Lipinski definition) is 0. The van der Waals surface area contributed by atoms with E-state index in [1.54, 1.807) is 6.07 Å². The quantitative estimate of drug-likeness (QED) is 0.700. The van der Waals surface area contributed by atoms with Crippen LogP contribution in [0.2, 0.25) is 5.02 Å². The molecule has 0 aliphatic carbocycles. The van der Waals surface area contributed by atoms with Crippen LogP contribution in [-0.4, -0.2) is 39.5 Å². The van der Waals surface area contributed by atoms with Gasteiger partial charge in [0.1, 0.15) is 18.5 Å². The fraction of sp³-hybridized carbons (Fsp3) is 0.267. The van der Waals surface area contributed by atoms with Crippen LogP contribution in [0.3, 0.4) is 0 Å². The number of ether oxygens (including phenoxy) is 3. The molecule has 0 spiro atoms. The molecule has 1 aromatic carbocycles. The molecule has 0 bridgehead atoms. The van der Waals surface area contributed by atoms with E-state index in [1.165, 1.54) is 25.2 Å². The summed E-state index contributed by atoms with van der Waals surface area (Å²) in [5.74, 6) is -1.46. The second-order valence-electron chi connectivity index (χ2n) is 4.59. The van der Waals surface area contributed by atoms with E-state index in [-0.39, 0.29) is 35.2 Å². The van der Waals surface area contributed by atoms with Gasteiger partial charge in [-0.2, -0.15) is 5.26 Å². The van der Waals surface area contributed by atoms with E-state index < -0.39 is 11.9 Å². The van der Waals surface area contributed by atoms with Gasteiger partial charge < -0.3 is 19.1 Å². The maximum absolute atomic E-state index is 12.2. The summed E-state index contributed by atoms with van der Waals surface area (Å²) < 4.78 is 15.4. The van der Waals surface area contributed by atoms with Gasteiger partial charge in [0.15, 0.2) is 0 Å². The van der Waals surface area contributed by atoms with Gasteiger partial charge in [0.2, 0.25) is 0 Å². The highest BCUT2D eigenvalue weighted by molar-refractivity contribution is 9.10. The number of benzene rings is 1. The molecule has 7 nitrogen and oxygen atoms in total. The molecule has 0 atom stereocenters. The Hall–Kier alpha value is -2.08. The lowest BCUT2D eigenvalue weighted by atomic mass is 10.1. The molecular weight excluding hydrogens is 404 g/mol. The topological polar surface area (TPSA) is 88.9 Å². The summed E-state index contributed by atoms with van der Waals surface area (Å²) >= 11 is 9.62. The molecule has 24 heavy (non-hydrogen) atoms. The first-order chi connectivity index (χ1) is 11.5. The van der Waals surface area contributed by atoms with E-state index in [9.17, 15) is 9.59 Å². The van der Waals surface area contributed by atoms with Crippen molar-refractivity contribution in [3.05, 3.63) is 38.5 Å². The summed E-state index contributed by atoms with van der Waals surface area (Å²) in [7, 11) is 2.39. The minimum absolute atomic E-state index is 0.000859. The highest BCUT2D eigenvalue weighted by Crippen LogP contribution is 2.39. The predicted molar refractivity (Wildman–Crippen MR) is 88.2 cm³/mol. The molecule has 0 saturated carbocycles. The van der Waals surface area contributed by atoms with Crippen molar-refractivity contribution in [1.82, 2.24) is 0 Å². The summed E-state index contributed by atoms with van der Waals surface area (Å²) in [6.07, 6.45) is 0. The fourth-order valence-electron chi connectivity index (χ4n) is 2.19. The van der Waals surface area contributed by atoms with Crippen molar-refractivity contribution in [2.24, 2.45) is 0 Å². The average Bonchev–Trinajstić information content (AvgIpc) is 2.60. The van der Waals surface area contributed by atoms with E-state index in [4.69, 9.17) is 31.1 Å². The lowest BCUT2D eigenvalue weighted by Crippen LogP contribution is -2.39. The van der Waals surface area contributed by atoms with Crippen LogP contribution in [0.25, 0.3) is 0 Å². The molecule has 0 amide bonds. The molecule has 1 aliphatic rings. The Morgan fingerprint density at radius 2 is 2.00 bits per heavy atom. The number of rotatable bonds is 3. The van der Waals surface area contributed by atoms with Crippen LogP contribution in [-0.2, 0) is 23.8 Å². The van der Waals surface area contributed by atoms with Gasteiger partial charge in [-0.1, -0.05) is 11.6 Å². The van der Waals surface area contributed by atoms with E-state index >= 15 is 0 Å². The first kappa shape index (κ1) is 18.3. The fourth-order valence-corrected chi connectivity index (χ4v) is 3.16. The lowest BCUT2D eigenvalue weighted by molar-refractivity contribution is -0.140. The second kappa shape index (κ2) is 7.66. The first-order valence-corrected chi connectivity index (χ1v) is 7.76. The highest BCUT2D eigenvalue weighted by atomic mass is 79.9. The number of methoxy groups -OCH3 is 2. The number of esters is 2. The van der Waals surface area contributed by atoms with Crippen LogP contribution in [0.5, 0.6) is 0 Å². The van der Waals surface area contributed by atoms with Crippen molar-refractivity contribution in [3.8, 4) is 6.07 Å². The van der Waals surface area contributed by atoms with Crippen LogP contribution in [0.4, 0.5) is 5.69 Å². The van der Waals surface area contributed by atoms with E-state index in [0.29, 0.717) is 10.2 Å². The number of halogens is 2. The monoisotopic (exact) mass is 414 g/mol. The Labute approximate surface area is 151 Å². The SMILES string of the molecule is COC(=O)C1=C(C(=O)OC)N(c2c(Br)ccc(C#N)c2Cl)COC1. The van der Waals surface area contributed by atoms with Gasteiger partial charge in [-0.3, -0.25) is 0 Å². The molecule has 1 aliphatic heterocycles. The van der Waals surface area contributed by atoms with Crippen LogP contribution < -0.4 is 4.90 Å². The smallest absolute Gasteiger partial charge is 0.355 e. The van der Waals surface area contributed by atoms with Gasteiger partial charge in [0.25, 0.3) is 0 Å². The van der Waals surface area contributed by atoms with Gasteiger partial charge in [-0.05, 0) is 28.1 Å². The van der Waals surface area contributed by atoms with Crippen LogP contribution >= 0.6 is 27.5 Å². The molecule has 0 fully saturated rings. The van der Waals surface area contributed by atoms with Gasteiger partial charge in [0, 0.05) is 4.47 Å². The molecule has 0 radical (unpaired) electrons. The third-order valence-electron chi connectivity index (χ3n) is 3.29. The number of anilines is 1. The van der Waals surface area contributed by atoms with Crippen molar-refractivity contribution >= 4 is 45.2 Å². The lowest BCUT2D eigenvalue weighted by Gasteiger charge is -2.32. The molecule has 126 valence electrons. The first-order valence-electron chi connectivity index (χ1n) is 6.59. The highest BCUT2D eigenvalue weighted by Gasteiger charge is 2.34.